The fourth-order valence-corrected chi connectivity index (χ4v) is 8.08. The first-order chi connectivity index (χ1) is 17.5. The third-order valence-electron chi connectivity index (χ3n) is 9.35. The fourth-order valence-electron chi connectivity index (χ4n) is 8.08. The Hall–Kier alpha value is -3.07. The number of para-hydroxylation sites is 2. The first-order valence-corrected chi connectivity index (χ1v) is 13.5. The highest BCUT2D eigenvalue weighted by Gasteiger charge is 2.47. The van der Waals surface area contributed by atoms with E-state index in [0.29, 0.717) is 23.6 Å². The van der Waals surface area contributed by atoms with Crippen LogP contribution in [0.3, 0.4) is 0 Å². The highest BCUT2D eigenvalue weighted by atomic mass is 16.2. The maximum Gasteiger partial charge on any atom is 0.351 e. The van der Waals surface area contributed by atoms with Crippen molar-refractivity contribution in [1.29, 1.82) is 0 Å². The Labute approximate surface area is 208 Å². The molecule has 2 saturated carbocycles. The predicted octanol–water partition coefficient (Wildman–Crippen LogP) is 2.77. The molecule has 36 heavy (non-hydrogen) atoms. The van der Waals surface area contributed by atoms with Gasteiger partial charge in [-0.15, -0.1) is 0 Å². The summed E-state index contributed by atoms with van der Waals surface area (Å²) in [5.41, 5.74) is -0.268. The highest BCUT2D eigenvalue weighted by Crippen LogP contribution is 2.48. The second-order valence-corrected chi connectivity index (χ2v) is 11.4. The van der Waals surface area contributed by atoms with Crippen molar-refractivity contribution in [1.82, 2.24) is 29.2 Å². The van der Waals surface area contributed by atoms with Gasteiger partial charge in [0.2, 0.25) is 5.82 Å². The van der Waals surface area contributed by atoms with Gasteiger partial charge in [-0.25, -0.2) is 9.78 Å². The molecule has 2 aromatic heterocycles. The van der Waals surface area contributed by atoms with Crippen molar-refractivity contribution in [3.63, 3.8) is 0 Å². The van der Waals surface area contributed by atoms with Crippen LogP contribution in [0.1, 0.15) is 70.3 Å². The van der Waals surface area contributed by atoms with E-state index in [0.717, 1.165) is 41.1 Å². The van der Waals surface area contributed by atoms with Crippen LogP contribution in [0.25, 0.3) is 16.9 Å². The van der Waals surface area contributed by atoms with E-state index in [1.165, 1.54) is 51.4 Å². The molecule has 0 radical (unpaired) electrons. The molecule has 7 rings (SSSR count). The minimum Gasteiger partial charge on any atom is -0.300 e. The monoisotopic (exact) mass is 488 g/mol. The quantitative estimate of drug-likeness (QED) is 0.608. The Balaban J connectivity index is 1.27. The van der Waals surface area contributed by atoms with Crippen LogP contribution in [0.4, 0.5) is 0 Å². The third-order valence-corrected chi connectivity index (χ3v) is 9.35. The van der Waals surface area contributed by atoms with E-state index in [4.69, 9.17) is 0 Å². The van der Waals surface area contributed by atoms with Crippen LogP contribution in [0.2, 0.25) is 0 Å². The molecule has 2 aliphatic heterocycles. The van der Waals surface area contributed by atoms with Gasteiger partial charge in [0.15, 0.2) is 0 Å². The lowest BCUT2D eigenvalue weighted by Gasteiger charge is -2.49. The summed E-state index contributed by atoms with van der Waals surface area (Å²) in [4.78, 5) is 47.4. The molecule has 188 valence electrons. The number of H-pyrrole nitrogens is 1. The normalized spacial score (nSPS) is 32.1. The summed E-state index contributed by atoms with van der Waals surface area (Å²) in [5.74, 6) is 1.74. The average Bonchev–Trinajstić information content (AvgIpc) is 3.13. The largest absolute Gasteiger partial charge is 0.351 e. The van der Waals surface area contributed by atoms with Gasteiger partial charge in [-0.3, -0.25) is 19.5 Å². The van der Waals surface area contributed by atoms with Crippen LogP contribution >= 0.6 is 0 Å². The summed E-state index contributed by atoms with van der Waals surface area (Å²) in [6, 6.07) is 9.32. The molecule has 9 nitrogen and oxygen atoms in total. The van der Waals surface area contributed by atoms with Gasteiger partial charge in [0.1, 0.15) is 6.20 Å². The second-order valence-electron chi connectivity index (χ2n) is 11.4. The van der Waals surface area contributed by atoms with Gasteiger partial charge in [-0.05, 0) is 68.9 Å². The lowest BCUT2D eigenvalue weighted by Crippen LogP contribution is -2.52. The number of nitrogens with zero attached hydrogens (tertiary/aromatic N) is 5. The van der Waals surface area contributed by atoms with Crippen LogP contribution in [-0.2, 0) is 0 Å². The zero-order valence-electron chi connectivity index (χ0n) is 20.4. The molecule has 4 bridgehead atoms. The zero-order chi connectivity index (χ0) is 24.4. The van der Waals surface area contributed by atoms with Crippen molar-refractivity contribution in [3.05, 3.63) is 61.7 Å². The van der Waals surface area contributed by atoms with E-state index in [1.54, 1.807) is 0 Å². The molecule has 4 fully saturated rings. The van der Waals surface area contributed by atoms with Crippen molar-refractivity contribution in [2.45, 2.75) is 88.4 Å². The summed E-state index contributed by atoms with van der Waals surface area (Å²) in [7, 11) is 0. The van der Waals surface area contributed by atoms with Gasteiger partial charge in [0.25, 0.3) is 11.1 Å². The van der Waals surface area contributed by atoms with E-state index < -0.39 is 11.2 Å². The van der Waals surface area contributed by atoms with Crippen LogP contribution in [-0.4, -0.2) is 47.3 Å². The number of hydrogen-bond acceptors (Lipinski definition) is 6. The van der Waals surface area contributed by atoms with Gasteiger partial charge in [0.05, 0.1) is 11.0 Å². The highest BCUT2D eigenvalue weighted by molar-refractivity contribution is 5.75. The molecular weight excluding hydrogens is 456 g/mol. The number of hydrogen-bond donors (Lipinski definition) is 1. The SMILES string of the molecule is O=c1cnn(-c2nc3ccccc3n([C@@H]3C[C@H]4CC[C@@H](C3)N4[C@@H]3C[C@@H]4CCC[C@@H](C4)C3)c2=O)c(=O)[nH]1. The Morgan fingerprint density at radius 3 is 2.25 bits per heavy atom. The number of aromatic amines is 1. The topological polar surface area (TPSA) is 106 Å². The standard InChI is InChI=1S/C27H32N6O3/c34-24-15-28-33(27(36)30-24)25-26(35)32(23-7-2-1-6-22(23)29-25)21-13-18-8-9-19(14-21)31(18)20-11-16-4-3-5-17(10-16)12-20/h1-2,6-7,15-21H,3-5,8-14H2,(H,30,34,36)/t16-,17+,18-,19+,20-,21-. The minimum absolute atomic E-state index is 0.0412. The Kier molecular flexibility index (Phi) is 5.23. The van der Waals surface area contributed by atoms with Crippen LogP contribution in [0, 0.1) is 11.8 Å². The van der Waals surface area contributed by atoms with Gasteiger partial charge >= 0.3 is 5.69 Å². The maximum atomic E-state index is 13.9. The molecule has 6 atom stereocenters. The average molecular weight is 489 g/mol. The number of rotatable bonds is 3. The molecule has 1 aromatic carbocycles. The first kappa shape index (κ1) is 22.2. The van der Waals surface area contributed by atoms with E-state index in [1.807, 2.05) is 28.8 Å². The molecule has 3 aromatic rings. The number of aromatic nitrogens is 5. The first-order valence-electron chi connectivity index (χ1n) is 13.5. The van der Waals surface area contributed by atoms with E-state index in [9.17, 15) is 14.4 Å². The van der Waals surface area contributed by atoms with E-state index in [-0.39, 0.29) is 17.4 Å². The summed E-state index contributed by atoms with van der Waals surface area (Å²) < 4.78 is 2.77. The van der Waals surface area contributed by atoms with Crippen molar-refractivity contribution in [3.8, 4) is 5.82 Å². The number of nitrogens with one attached hydrogen (secondary N) is 1. The summed E-state index contributed by atoms with van der Waals surface area (Å²) in [6.07, 6.45) is 13.6. The predicted molar refractivity (Wildman–Crippen MR) is 135 cm³/mol. The van der Waals surface area contributed by atoms with Crippen molar-refractivity contribution < 1.29 is 0 Å². The Bertz CT molecular complexity index is 1470. The van der Waals surface area contributed by atoms with Crippen molar-refractivity contribution in [2.24, 2.45) is 11.8 Å². The van der Waals surface area contributed by atoms with Crippen LogP contribution < -0.4 is 16.8 Å². The number of benzene rings is 1. The van der Waals surface area contributed by atoms with Crippen LogP contribution in [0.5, 0.6) is 0 Å². The lowest BCUT2D eigenvalue weighted by molar-refractivity contribution is 0.00789. The number of fused-ring (bicyclic) bond motifs is 5. The van der Waals surface area contributed by atoms with E-state index in [2.05, 4.69) is 20.0 Å². The van der Waals surface area contributed by atoms with Crippen molar-refractivity contribution >= 4 is 11.0 Å². The summed E-state index contributed by atoms with van der Waals surface area (Å²) in [6.45, 7) is 0. The minimum atomic E-state index is -0.758. The summed E-state index contributed by atoms with van der Waals surface area (Å²) in [5, 5.41) is 3.92. The molecule has 0 amide bonds. The van der Waals surface area contributed by atoms with E-state index >= 15 is 0 Å². The molecule has 2 saturated heterocycles. The van der Waals surface area contributed by atoms with Gasteiger partial charge in [-0.2, -0.15) is 9.78 Å². The molecule has 0 spiro atoms. The summed E-state index contributed by atoms with van der Waals surface area (Å²) >= 11 is 0. The van der Waals surface area contributed by atoms with Crippen LogP contribution in [0.15, 0.2) is 44.8 Å². The lowest BCUT2D eigenvalue weighted by atomic mass is 9.69. The number of piperidine rings is 1. The molecule has 4 aliphatic rings. The molecule has 1 N–H and O–H groups in total. The fraction of sp³-hybridized carbons (Fsp3) is 0.593. The zero-order valence-corrected chi connectivity index (χ0v) is 20.4. The van der Waals surface area contributed by atoms with Gasteiger partial charge in [0, 0.05) is 24.2 Å². The van der Waals surface area contributed by atoms with Crippen molar-refractivity contribution in [2.75, 3.05) is 0 Å². The second kappa shape index (κ2) is 8.50. The Morgan fingerprint density at radius 1 is 0.806 bits per heavy atom. The molecule has 9 heteroatoms. The third kappa shape index (κ3) is 3.58. The molecular formula is C27H32N6O3. The van der Waals surface area contributed by atoms with Gasteiger partial charge < -0.3 is 4.57 Å². The maximum absolute atomic E-state index is 13.9. The van der Waals surface area contributed by atoms with Gasteiger partial charge in [-0.1, -0.05) is 31.4 Å². The molecule has 2 aliphatic carbocycles. The Morgan fingerprint density at radius 2 is 1.53 bits per heavy atom. The molecule has 4 heterocycles. The smallest absolute Gasteiger partial charge is 0.300 e. The molecule has 0 unspecified atom stereocenters.